The molecule has 1 aliphatic heterocycles. The SMILES string of the molecule is COc1cc(NC(=O)c2cccc(N3C(=O)c4ccccc4C3=O)c2)c(OC)cc1Cl. The largest absolute Gasteiger partial charge is 0.495 e. The normalized spacial score (nSPS) is 12.5. The fraction of sp³-hybridized carbons (Fsp3) is 0.0870. The van der Waals surface area contributed by atoms with Gasteiger partial charge in [-0.15, -0.1) is 0 Å². The maximum Gasteiger partial charge on any atom is 0.266 e. The molecule has 0 spiro atoms. The van der Waals surface area contributed by atoms with E-state index in [-0.39, 0.29) is 5.56 Å². The number of hydrogen-bond acceptors (Lipinski definition) is 5. The molecule has 0 saturated heterocycles. The van der Waals surface area contributed by atoms with Gasteiger partial charge in [0.25, 0.3) is 17.7 Å². The molecule has 0 radical (unpaired) electrons. The number of methoxy groups -OCH3 is 2. The van der Waals surface area contributed by atoms with Crippen molar-refractivity contribution in [1.82, 2.24) is 0 Å². The highest BCUT2D eigenvalue weighted by Gasteiger charge is 2.36. The van der Waals surface area contributed by atoms with Crippen LogP contribution >= 0.6 is 11.6 Å². The summed E-state index contributed by atoms with van der Waals surface area (Å²) in [6.45, 7) is 0. The van der Waals surface area contributed by atoms with Crippen LogP contribution in [0.2, 0.25) is 5.02 Å². The number of nitrogens with one attached hydrogen (secondary N) is 1. The molecule has 1 heterocycles. The molecule has 0 bridgehead atoms. The van der Waals surface area contributed by atoms with Gasteiger partial charge >= 0.3 is 0 Å². The lowest BCUT2D eigenvalue weighted by molar-refractivity contribution is 0.0924. The van der Waals surface area contributed by atoms with Gasteiger partial charge in [-0.3, -0.25) is 14.4 Å². The molecule has 4 rings (SSSR count). The highest BCUT2D eigenvalue weighted by molar-refractivity contribution is 6.34. The van der Waals surface area contributed by atoms with Crippen molar-refractivity contribution in [3.05, 3.63) is 82.4 Å². The van der Waals surface area contributed by atoms with Crippen molar-refractivity contribution in [3.8, 4) is 11.5 Å². The molecule has 1 N–H and O–H groups in total. The van der Waals surface area contributed by atoms with Crippen molar-refractivity contribution in [2.75, 3.05) is 24.4 Å². The van der Waals surface area contributed by atoms with Crippen LogP contribution in [-0.2, 0) is 0 Å². The predicted octanol–water partition coefficient (Wildman–Crippen LogP) is 4.41. The quantitative estimate of drug-likeness (QED) is 0.599. The first-order valence-electron chi connectivity index (χ1n) is 9.25. The average molecular weight is 437 g/mol. The van der Waals surface area contributed by atoms with Crippen LogP contribution in [-0.4, -0.2) is 31.9 Å². The second-order valence-electron chi connectivity index (χ2n) is 6.68. The van der Waals surface area contributed by atoms with E-state index >= 15 is 0 Å². The van der Waals surface area contributed by atoms with Crippen molar-refractivity contribution in [2.24, 2.45) is 0 Å². The van der Waals surface area contributed by atoms with E-state index in [0.717, 1.165) is 4.90 Å². The molecule has 3 aromatic rings. The van der Waals surface area contributed by atoms with Gasteiger partial charge in [0.1, 0.15) is 11.5 Å². The van der Waals surface area contributed by atoms with Crippen LogP contribution in [0.5, 0.6) is 11.5 Å². The number of carbonyl (C=O) groups excluding carboxylic acids is 3. The van der Waals surface area contributed by atoms with Gasteiger partial charge in [0.15, 0.2) is 0 Å². The lowest BCUT2D eigenvalue weighted by Gasteiger charge is -2.16. The number of rotatable bonds is 5. The van der Waals surface area contributed by atoms with Gasteiger partial charge in [0.05, 0.1) is 41.7 Å². The Morgan fingerprint density at radius 1 is 0.871 bits per heavy atom. The minimum atomic E-state index is -0.457. The summed E-state index contributed by atoms with van der Waals surface area (Å²) in [5.41, 5.74) is 1.59. The molecule has 3 aromatic carbocycles. The van der Waals surface area contributed by atoms with E-state index in [4.69, 9.17) is 21.1 Å². The van der Waals surface area contributed by atoms with E-state index < -0.39 is 17.7 Å². The summed E-state index contributed by atoms with van der Waals surface area (Å²) in [5, 5.41) is 3.08. The molecule has 0 aliphatic carbocycles. The number of fused-ring (bicyclic) bond motifs is 1. The molecule has 1 aliphatic rings. The van der Waals surface area contributed by atoms with E-state index in [1.807, 2.05) is 0 Å². The van der Waals surface area contributed by atoms with E-state index in [0.29, 0.717) is 39.0 Å². The lowest BCUT2D eigenvalue weighted by Crippen LogP contribution is -2.29. The highest BCUT2D eigenvalue weighted by Crippen LogP contribution is 2.36. The molecule has 0 saturated carbocycles. The topological polar surface area (TPSA) is 84.9 Å². The summed E-state index contributed by atoms with van der Waals surface area (Å²) in [7, 11) is 2.92. The summed E-state index contributed by atoms with van der Waals surface area (Å²) in [4.78, 5) is 39.4. The Bertz CT molecular complexity index is 1190. The zero-order valence-corrected chi connectivity index (χ0v) is 17.4. The van der Waals surface area contributed by atoms with Crippen molar-refractivity contribution in [1.29, 1.82) is 0 Å². The third-order valence-electron chi connectivity index (χ3n) is 4.88. The first kappa shape index (κ1) is 20.4. The molecule has 31 heavy (non-hydrogen) atoms. The van der Waals surface area contributed by atoms with Crippen molar-refractivity contribution >= 4 is 40.7 Å². The molecule has 0 unspecified atom stereocenters. The van der Waals surface area contributed by atoms with E-state index in [2.05, 4.69) is 5.32 Å². The van der Waals surface area contributed by atoms with Gasteiger partial charge < -0.3 is 14.8 Å². The maximum atomic E-state index is 12.9. The molecule has 0 aromatic heterocycles. The third-order valence-corrected chi connectivity index (χ3v) is 5.18. The van der Waals surface area contributed by atoms with Gasteiger partial charge in [-0.05, 0) is 30.3 Å². The second kappa shape index (κ2) is 8.12. The minimum absolute atomic E-state index is 0.255. The first-order chi connectivity index (χ1) is 14.9. The monoisotopic (exact) mass is 436 g/mol. The Morgan fingerprint density at radius 3 is 2.13 bits per heavy atom. The number of imide groups is 1. The maximum absolute atomic E-state index is 12.9. The first-order valence-corrected chi connectivity index (χ1v) is 9.63. The Hall–Kier alpha value is -3.84. The van der Waals surface area contributed by atoms with Gasteiger partial charge in [-0.2, -0.15) is 0 Å². The number of carbonyl (C=O) groups is 3. The minimum Gasteiger partial charge on any atom is -0.495 e. The number of anilines is 2. The molecule has 0 atom stereocenters. The second-order valence-corrected chi connectivity index (χ2v) is 7.09. The van der Waals surface area contributed by atoms with Gasteiger partial charge in [-0.25, -0.2) is 4.90 Å². The van der Waals surface area contributed by atoms with Crippen molar-refractivity contribution in [3.63, 3.8) is 0 Å². The predicted molar refractivity (Wildman–Crippen MR) is 117 cm³/mol. The fourth-order valence-electron chi connectivity index (χ4n) is 3.36. The summed E-state index contributed by atoms with van der Waals surface area (Å²) in [6.07, 6.45) is 0. The number of halogens is 1. The van der Waals surface area contributed by atoms with Crippen LogP contribution in [0.25, 0.3) is 0 Å². The summed E-state index contributed by atoms with van der Waals surface area (Å²) in [6, 6.07) is 16.0. The molecular weight excluding hydrogens is 420 g/mol. The van der Waals surface area contributed by atoms with Crippen LogP contribution in [0, 0.1) is 0 Å². The summed E-state index contributed by atoms with van der Waals surface area (Å²) < 4.78 is 10.5. The number of nitrogens with zero attached hydrogens (tertiary/aromatic N) is 1. The zero-order chi connectivity index (χ0) is 22.1. The Balaban J connectivity index is 1.64. The van der Waals surface area contributed by atoms with E-state index in [1.54, 1.807) is 48.5 Å². The van der Waals surface area contributed by atoms with Crippen LogP contribution < -0.4 is 19.7 Å². The number of benzene rings is 3. The number of amides is 3. The molecule has 0 fully saturated rings. The van der Waals surface area contributed by atoms with E-state index in [9.17, 15) is 14.4 Å². The van der Waals surface area contributed by atoms with E-state index in [1.165, 1.54) is 26.4 Å². The van der Waals surface area contributed by atoms with Crippen LogP contribution in [0.4, 0.5) is 11.4 Å². The van der Waals surface area contributed by atoms with Gasteiger partial charge in [-0.1, -0.05) is 29.8 Å². The highest BCUT2D eigenvalue weighted by atomic mass is 35.5. The van der Waals surface area contributed by atoms with Gasteiger partial charge in [0.2, 0.25) is 0 Å². The number of hydrogen-bond donors (Lipinski definition) is 1. The van der Waals surface area contributed by atoms with Gasteiger partial charge in [0, 0.05) is 17.7 Å². The number of ether oxygens (including phenoxy) is 2. The van der Waals surface area contributed by atoms with Crippen LogP contribution in [0.1, 0.15) is 31.1 Å². The smallest absolute Gasteiger partial charge is 0.266 e. The Labute approximate surface area is 183 Å². The average Bonchev–Trinajstić information content (AvgIpc) is 3.05. The van der Waals surface area contributed by atoms with Crippen LogP contribution in [0.3, 0.4) is 0 Å². The molecule has 8 heteroatoms. The zero-order valence-electron chi connectivity index (χ0n) is 16.6. The third kappa shape index (κ3) is 3.60. The molecular formula is C23H17ClN2O5. The summed E-state index contributed by atoms with van der Waals surface area (Å²) in [5.74, 6) is -0.584. The molecule has 3 amide bonds. The Morgan fingerprint density at radius 2 is 1.52 bits per heavy atom. The summed E-state index contributed by atoms with van der Waals surface area (Å²) >= 11 is 6.11. The van der Waals surface area contributed by atoms with Crippen LogP contribution in [0.15, 0.2) is 60.7 Å². The fourth-order valence-corrected chi connectivity index (χ4v) is 3.59. The standard InChI is InChI=1S/C23H17ClN2O5/c1-30-19-12-18(20(31-2)11-17(19)24)25-21(27)13-6-5-7-14(10-13)26-22(28)15-8-3-4-9-16(15)23(26)29/h3-12H,1-2H3,(H,25,27). The van der Waals surface area contributed by atoms with Crippen molar-refractivity contribution in [2.45, 2.75) is 0 Å². The molecule has 7 nitrogen and oxygen atoms in total. The lowest BCUT2D eigenvalue weighted by atomic mass is 10.1. The Kier molecular flexibility index (Phi) is 5.35. The van der Waals surface area contributed by atoms with Crippen molar-refractivity contribution < 1.29 is 23.9 Å². The molecule has 156 valence electrons.